The van der Waals surface area contributed by atoms with Gasteiger partial charge in [-0.2, -0.15) is 4.63 Å². The van der Waals surface area contributed by atoms with Gasteiger partial charge < -0.3 is 14.4 Å². The maximum atomic E-state index is 10.3. The Balaban J connectivity index is -0.0000000417. The van der Waals surface area contributed by atoms with E-state index in [0.29, 0.717) is 0 Å². The van der Waals surface area contributed by atoms with Crippen LogP contribution in [-0.4, -0.2) is 98.1 Å². The monoisotopic (exact) mass is 298 g/mol. The Morgan fingerprint density at radius 1 is 1.22 bits per heavy atom. The third-order valence-corrected chi connectivity index (χ3v) is 0.311. The predicted molar refractivity (Wildman–Crippen MR) is 43.0 cm³/mol. The SMILES string of the molecule is B.O[Si](O)(O)OF.[AlH3].[BaH2]. The van der Waals surface area contributed by atoms with E-state index in [0.717, 1.165) is 0 Å². The van der Waals surface area contributed by atoms with Gasteiger partial charge in [0.05, 0.1) is 8.41 Å². The normalized spacial score (nSPS) is 8.00. The molecule has 9 heteroatoms. The summed E-state index contributed by atoms with van der Waals surface area (Å²) in [6.07, 6.45) is 0. The minimum absolute atomic E-state index is 0. The molecule has 0 bridgehead atoms. The van der Waals surface area contributed by atoms with Gasteiger partial charge in [-0.1, -0.05) is 4.53 Å². The summed E-state index contributed by atoms with van der Waals surface area (Å²) >= 11 is 0. The van der Waals surface area contributed by atoms with E-state index in [-0.39, 0.29) is 74.7 Å². The maximum absolute atomic E-state index is 10.3. The van der Waals surface area contributed by atoms with Crippen LogP contribution in [0.4, 0.5) is 4.53 Å². The fraction of sp³-hybridized carbons (Fsp3) is 0. The molecule has 0 heterocycles. The molecule has 0 spiro atoms. The van der Waals surface area contributed by atoms with E-state index in [1.807, 2.05) is 0 Å². The second-order valence-corrected chi connectivity index (χ2v) is 1.95. The summed E-state index contributed by atoms with van der Waals surface area (Å²) in [6.45, 7) is 0. The third-order valence-electron chi connectivity index (χ3n) is 0.104. The molecule has 0 aliphatic rings. The summed E-state index contributed by atoms with van der Waals surface area (Å²) in [4.78, 5) is 22.4. The molecule has 3 N–H and O–H groups in total. The van der Waals surface area contributed by atoms with Crippen molar-refractivity contribution in [2.45, 2.75) is 0 Å². The topological polar surface area (TPSA) is 69.9 Å². The van der Waals surface area contributed by atoms with E-state index in [9.17, 15) is 4.53 Å². The summed E-state index contributed by atoms with van der Waals surface area (Å²) in [5.74, 6) is 0. The molecular weight excluding hydrogens is 286 g/mol. The third kappa shape index (κ3) is 25.4. The van der Waals surface area contributed by atoms with E-state index in [1.54, 1.807) is 0 Å². The van der Waals surface area contributed by atoms with E-state index in [2.05, 4.69) is 4.63 Å². The zero-order valence-corrected chi connectivity index (χ0v) is 3.63. The summed E-state index contributed by atoms with van der Waals surface area (Å²) < 4.78 is 12.6. The van der Waals surface area contributed by atoms with Crippen LogP contribution in [0.1, 0.15) is 0 Å². The van der Waals surface area contributed by atoms with Crippen molar-refractivity contribution < 1.29 is 23.5 Å². The van der Waals surface area contributed by atoms with Gasteiger partial charge in [-0.15, -0.1) is 0 Å². The van der Waals surface area contributed by atoms with Gasteiger partial charge in [0.1, 0.15) is 0 Å². The molecule has 0 fully saturated rings. The molecule has 9 heavy (non-hydrogen) atoms. The van der Waals surface area contributed by atoms with Crippen LogP contribution in [0.5, 0.6) is 0 Å². The van der Waals surface area contributed by atoms with Crippen molar-refractivity contribution in [3.05, 3.63) is 0 Å². The van der Waals surface area contributed by atoms with Gasteiger partial charge in [-0.25, -0.2) is 0 Å². The molecule has 0 saturated heterocycles. The molecule has 0 radical (unpaired) electrons. The number of hydrogen-bond acceptors (Lipinski definition) is 4. The fourth-order valence-corrected chi connectivity index (χ4v) is 0. The first-order valence-electron chi connectivity index (χ1n) is 1.03. The summed E-state index contributed by atoms with van der Waals surface area (Å²) in [7, 11) is -4.80. The molecule has 54 valence electrons. The first-order valence-corrected chi connectivity index (χ1v) is 2.78. The van der Waals surface area contributed by atoms with Crippen LogP contribution >= 0.6 is 0 Å². The molecule has 0 aromatic heterocycles. The number of halogens is 1. The van der Waals surface area contributed by atoms with Crippen LogP contribution in [0, 0.1) is 0 Å². The molecule has 0 aromatic rings. The van der Waals surface area contributed by atoms with E-state index in [4.69, 9.17) is 14.4 Å². The van der Waals surface area contributed by atoms with Crippen molar-refractivity contribution in [2.24, 2.45) is 0 Å². The van der Waals surface area contributed by atoms with Crippen molar-refractivity contribution in [1.82, 2.24) is 0 Å². The second-order valence-electron chi connectivity index (χ2n) is 0.651. The summed E-state index contributed by atoms with van der Waals surface area (Å²) in [5.41, 5.74) is 0. The Labute approximate surface area is 106 Å². The average molecular weight is 297 g/mol. The Kier molecular flexibility index (Phi) is 25.4. The number of hydrogen-bond donors (Lipinski definition) is 3. The molecule has 0 amide bonds. The standard InChI is InChI=1S/Al.BH3.Ba.FH3O4Si.5H/c;;;1-5-6(2,3)4;;;;;/h;1H3;;2-4H;;;;;. The minimum atomic E-state index is -4.80. The van der Waals surface area contributed by atoms with Crippen molar-refractivity contribution in [3.8, 4) is 0 Å². The van der Waals surface area contributed by atoms with Crippen molar-refractivity contribution in [1.29, 1.82) is 0 Å². The average Bonchev–Trinajstić information content (AvgIpc) is 1.35. The molecule has 0 aliphatic carbocycles. The van der Waals surface area contributed by atoms with Crippen LogP contribution in [0.2, 0.25) is 0 Å². The molecule has 0 atom stereocenters. The van der Waals surface area contributed by atoms with Crippen molar-refractivity contribution >= 4 is 83.7 Å². The van der Waals surface area contributed by atoms with Crippen LogP contribution < -0.4 is 0 Å². The van der Waals surface area contributed by atoms with Crippen LogP contribution in [0.15, 0.2) is 0 Å². The molecule has 4 nitrogen and oxygen atoms in total. The zero-order valence-electron chi connectivity index (χ0n) is 2.63. The Morgan fingerprint density at radius 2 is 1.33 bits per heavy atom. The molecule has 0 aliphatic heterocycles. The Bertz CT molecular complexity index is 50.3. The Morgan fingerprint density at radius 3 is 1.33 bits per heavy atom. The Hall–Kier alpha value is 2.16. The van der Waals surface area contributed by atoms with Gasteiger partial charge >= 0.3 is 57.9 Å². The number of rotatable bonds is 1. The van der Waals surface area contributed by atoms with Crippen molar-refractivity contribution in [3.63, 3.8) is 0 Å². The molecule has 0 saturated carbocycles. The van der Waals surface area contributed by atoms with E-state index >= 15 is 0 Å². The predicted octanol–water partition coefficient (Wildman–Crippen LogP) is -4.98. The van der Waals surface area contributed by atoms with Crippen molar-refractivity contribution in [2.75, 3.05) is 0 Å². The van der Waals surface area contributed by atoms with Gasteiger partial charge in [-0.3, -0.25) is 0 Å². The molecule has 0 rings (SSSR count). The van der Waals surface area contributed by atoms with Crippen LogP contribution in [0.25, 0.3) is 0 Å². The first-order chi connectivity index (χ1) is 2.56. The summed E-state index contributed by atoms with van der Waals surface area (Å²) in [6, 6.07) is 0. The quantitative estimate of drug-likeness (QED) is 0.424. The molecular formula is H11AlBBaFO4Si. The van der Waals surface area contributed by atoms with Crippen LogP contribution in [-0.2, 0) is 4.63 Å². The van der Waals surface area contributed by atoms with Gasteiger partial charge in [-0.05, 0) is 0 Å². The first kappa shape index (κ1) is 22.5. The fourth-order valence-electron chi connectivity index (χ4n) is 0. The summed E-state index contributed by atoms with van der Waals surface area (Å²) in [5, 5.41) is 0. The van der Waals surface area contributed by atoms with Crippen LogP contribution in [0.3, 0.4) is 0 Å². The van der Waals surface area contributed by atoms with Gasteiger partial charge in [0.2, 0.25) is 0 Å². The molecule has 0 unspecified atom stereocenters. The van der Waals surface area contributed by atoms with E-state index < -0.39 is 9.05 Å². The van der Waals surface area contributed by atoms with Gasteiger partial charge in [0, 0.05) is 0 Å². The second kappa shape index (κ2) is 10.2. The molecule has 0 aromatic carbocycles. The van der Waals surface area contributed by atoms with Gasteiger partial charge in [0.15, 0.2) is 17.4 Å². The van der Waals surface area contributed by atoms with Gasteiger partial charge in [0.25, 0.3) is 0 Å². The zero-order chi connectivity index (χ0) is 5.21. The van der Waals surface area contributed by atoms with E-state index in [1.165, 1.54) is 0 Å².